The SMILES string of the molecule is COc1cc([C@H](C(=O)NC2CCCC2)N(CCc2ccccc2C)C(=O)c2ccco2)cc(OC)c1OC. The highest BCUT2D eigenvalue weighted by Crippen LogP contribution is 2.41. The zero-order valence-corrected chi connectivity index (χ0v) is 22.5. The minimum atomic E-state index is -0.953. The molecule has 1 aliphatic rings. The van der Waals surface area contributed by atoms with Crippen LogP contribution in [-0.4, -0.2) is 50.6 Å². The van der Waals surface area contributed by atoms with Gasteiger partial charge >= 0.3 is 0 Å². The number of rotatable bonds is 11. The Morgan fingerprint density at radius 3 is 2.26 bits per heavy atom. The molecule has 0 radical (unpaired) electrons. The fourth-order valence-electron chi connectivity index (χ4n) is 5.10. The van der Waals surface area contributed by atoms with Gasteiger partial charge in [0.15, 0.2) is 17.3 Å². The number of ether oxygens (including phenoxy) is 3. The number of carbonyl (C=O) groups excluding carboxylic acids is 2. The number of methoxy groups -OCH3 is 3. The van der Waals surface area contributed by atoms with Crippen LogP contribution in [-0.2, 0) is 11.2 Å². The zero-order chi connectivity index (χ0) is 27.1. The molecule has 1 aromatic heterocycles. The number of hydrogen-bond donors (Lipinski definition) is 1. The lowest BCUT2D eigenvalue weighted by Crippen LogP contribution is -2.46. The summed E-state index contributed by atoms with van der Waals surface area (Å²) in [6.45, 7) is 2.33. The van der Waals surface area contributed by atoms with Crippen molar-refractivity contribution >= 4 is 11.8 Å². The van der Waals surface area contributed by atoms with Crippen LogP contribution in [0.3, 0.4) is 0 Å². The summed E-state index contributed by atoms with van der Waals surface area (Å²) < 4.78 is 22.1. The van der Waals surface area contributed by atoms with E-state index in [9.17, 15) is 9.59 Å². The Morgan fingerprint density at radius 1 is 1.00 bits per heavy atom. The first-order valence-electron chi connectivity index (χ1n) is 13.0. The summed E-state index contributed by atoms with van der Waals surface area (Å²) in [5, 5.41) is 3.19. The molecule has 1 atom stereocenters. The van der Waals surface area contributed by atoms with Crippen molar-refractivity contribution in [2.45, 2.75) is 51.1 Å². The molecule has 1 saturated carbocycles. The predicted molar refractivity (Wildman–Crippen MR) is 144 cm³/mol. The summed E-state index contributed by atoms with van der Waals surface area (Å²) in [6.07, 6.45) is 6.01. The molecule has 3 aromatic rings. The van der Waals surface area contributed by atoms with Gasteiger partial charge in [0, 0.05) is 12.6 Å². The van der Waals surface area contributed by atoms with E-state index in [2.05, 4.69) is 5.32 Å². The molecule has 4 rings (SSSR count). The van der Waals surface area contributed by atoms with Crippen LogP contribution in [0.1, 0.15) is 59.0 Å². The highest BCUT2D eigenvalue weighted by molar-refractivity contribution is 5.96. The maximum absolute atomic E-state index is 14.0. The minimum absolute atomic E-state index is 0.0731. The van der Waals surface area contributed by atoms with Gasteiger partial charge in [-0.2, -0.15) is 0 Å². The number of aryl methyl sites for hydroxylation is 1. The van der Waals surface area contributed by atoms with Crippen LogP contribution in [0.4, 0.5) is 0 Å². The Bertz CT molecular complexity index is 1210. The third kappa shape index (κ3) is 5.96. The maximum atomic E-state index is 14.0. The molecule has 0 spiro atoms. The van der Waals surface area contributed by atoms with Crippen molar-refractivity contribution in [2.24, 2.45) is 0 Å². The molecule has 8 heteroatoms. The number of benzene rings is 2. The fourth-order valence-corrected chi connectivity index (χ4v) is 5.10. The Kier molecular flexibility index (Phi) is 8.94. The van der Waals surface area contributed by atoms with Crippen molar-refractivity contribution < 1.29 is 28.2 Å². The molecule has 0 unspecified atom stereocenters. The molecule has 38 heavy (non-hydrogen) atoms. The third-order valence-corrected chi connectivity index (χ3v) is 7.14. The van der Waals surface area contributed by atoms with Gasteiger partial charge in [0.25, 0.3) is 5.91 Å². The molecular weight excluding hydrogens is 484 g/mol. The summed E-state index contributed by atoms with van der Waals surface area (Å²) in [5.74, 6) is 0.771. The minimum Gasteiger partial charge on any atom is -0.493 e. The molecule has 8 nitrogen and oxygen atoms in total. The highest BCUT2D eigenvalue weighted by atomic mass is 16.5. The van der Waals surface area contributed by atoms with Gasteiger partial charge in [0.2, 0.25) is 11.7 Å². The zero-order valence-electron chi connectivity index (χ0n) is 22.5. The smallest absolute Gasteiger partial charge is 0.290 e. The predicted octanol–water partition coefficient (Wildman–Crippen LogP) is 5.10. The quantitative estimate of drug-likeness (QED) is 0.378. The van der Waals surface area contributed by atoms with Crippen LogP contribution >= 0.6 is 0 Å². The first kappa shape index (κ1) is 27.1. The third-order valence-electron chi connectivity index (χ3n) is 7.14. The van der Waals surface area contributed by atoms with E-state index >= 15 is 0 Å². The molecule has 0 bridgehead atoms. The number of carbonyl (C=O) groups is 2. The summed E-state index contributed by atoms with van der Waals surface area (Å²) in [4.78, 5) is 29.4. The van der Waals surface area contributed by atoms with Gasteiger partial charge in [0.05, 0.1) is 27.6 Å². The number of furan rings is 1. The lowest BCUT2D eigenvalue weighted by atomic mass is 9.99. The van der Waals surface area contributed by atoms with Crippen molar-refractivity contribution in [1.29, 1.82) is 0 Å². The van der Waals surface area contributed by atoms with E-state index in [1.165, 1.54) is 27.6 Å². The summed E-state index contributed by atoms with van der Waals surface area (Å²) >= 11 is 0. The van der Waals surface area contributed by atoms with Gasteiger partial charge in [-0.15, -0.1) is 0 Å². The normalized spacial score (nSPS) is 14.1. The highest BCUT2D eigenvalue weighted by Gasteiger charge is 2.36. The van der Waals surface area contributed by atoms with E-state index in [4.69, 9.17) is 18.6 Å². The second kappa shape index (κ2) is 12.5. The average Bonchev–Trinajstić information content (AvgIpc) is 3.65. The molecule has 0 saturated heterocycles. The number of hydrogen-bond acceptors (Lipinski definition) is 6. The van der Waals surface area contributed by atoms with E-state index < -0.39 is 6.04 Å². The molecule has 0 aliphatic heterocycles. The van der Waals surface area contributed by atoms with Crippen LogP contribution in [0.15, 0.2) is 59.2 Å². The van der Waals surface area contributed by atoms with Crippen molar-refractivity contribution in [3.05, 3.63) is 77.2 Å². The molecule has 2 aromatic carbocycles. The molecule has 1 aliphatic carbocycles. The van der Waals surface area contributed by atoms with E-state index in [1.54, 1.807) is 29.2 Å². The van der Waals surface area contributed by atoms with Gasteiger partial charge in [-0.3, -0.25) is 9.59 Å². The summed E-state index contributed by atoms with van der Waals surface area (Å²) in [6, 6.07) is 13.9. The Hall–Kier alpha value is -3.94. The van der Waals surface area contributed by atoms with E-state index in [-0.39, 0.29) is 23.6 Å². The van der Waals surface area contributed by atoms with Gasteiger partial charge in [0.1, 0.15) is 6.04 Å². The lowest BCUT2D eigenvalue weighted by molar-refractivity contribution is -0.126. The second-order valence-corrected chi connectivity index (χ2v) is 9.50. The van der Waals surface area contributed by atoms with Crippen LogP contribution in [0.5, 0.6) is 17.2 Å². The van der Waals surface area contributed by atoms with Crippen molar-refractivity contribution in [3.63, 3.8) is 0 Å². The van der Waals surface area contributed by atoms with Crippen LogP contribution in [0, 0.1) is 6.92 Å². The molecule has 1 heterocycles. The van der Waals surface area contributed by atoms with Crippen molar-refractivity contribution in [3.8, 4) is 17.2 Å². The van der Waals surface area contributed by atoms with Crippen LogP contribution in [0.25, 0.3) is 0 Å². The monoisotopic (exact) mass is 520 g/mol. The van der Waals surface area contributed by atoms with Crippen molar-refractivity contribution in [1.82, 2.24) is 10.2 Å². The summed E-state index contributed by atoms with van der Waals surface area (Å²) in [5.41, 5.74) is 2.78. The fraction of sp³-hybridized carbons (Fsp3) is 0.400. The Labute approximate surface area is 223 Å². The average molecular weight is 521 g/mol. The van der Waals surface area contributed by atoms with Gasteiger partial charge in [-0.1, -0.05) is 37.1 Å². The number of nitrogens with zero attached hydrogens (tertiary/aromatic N) is 1. The van der Waals surface area contributed by atoms with Gasteiger partial charge in [-0.25, -0.2) is 0 Å². The van der Waals surface area contributed by atoms with Crippen LogP contribution in [0.2, 0.25) is 0 Å². The first-order chi connectivity index (χ1) is 18.5. The Balaban J connectivity index is 1.80. The number of amides is 2. The van der Waals surface area contributed by atoms with Crippen LogP contribution < -0.4 is 19.5 Å². The molecule has 1 N–H and O–H groups in total. The van der Waals surface area contributed by atoms with E-state index in [1.807, 2.05) is 31.2 Å². The number of nitrogens with one attached hydrogen (secondary N) is 1. The Morgan fingerprint density at radius 2 is 1.68 bits per heavy atom. The summed E-state index contributed by atoms with van der Waals surface area (Å²) in [7, 11) is 4.58. The van der Waals surface area contributed by atoms with Gasteiger partial charge < -0.3 is 28.8 Å². The maximum Gasteiger partial charge on any atom is 0.290 e. The first-order valence-corrected chi connectivity index (χ1v) is 13.0. The van der Waals surface area contributed by atoms with E-state index in [0.29, 0.717) is 35.8 Å². The standard InChI is InChI=1S/C30H36N2O6/c1-20-10-5-6-11-21(20)15-16-32(30(34)24-14-9-17-38-24)27(29(33)31-23-12-7-8-13-23)22-18-25(35-2)28(37-4)26(19-22)36-3/h5-6,9-11,14,17-19,23,27H,7-8,12-13,15-16H2,1-4H3,(H,31,33)/t27-/m1/s1. The molecule has 202 valence electrons. The van der Waals surface area contributed by atoms with Gasteiger partial charge in [-0.05, 0) is 67.1 Å². The lowest BCUT2D eigenvalue weighted by Gasteiger charge is -2.32. The van der Waals surface area contributed by atoms with Crippen molar-refractivity contribution in [2.75, 3.05) is 27.9 Å². The largest absolute Gasteiger partial charge is 0.493 e. The second-order valence-electron chi connectivity index (χ2n) is 9.50. The molecular formula is C30H36N2O6. The molecule has 2 amide bonds. The van der Waals surface area contributed by atoms with E-state index in [0.717, 1.165) is 36.8 Å². The topological polar surface area (TPSA) is 90.2 Å². The molecule has 1 fully saturated rings.